The molecule has 0 aliphatic rings. The first kappa shape index (κ1) is 21.7. The first-order valence-electron chi connectivity index (χ1n) is 9.34. The number of aromatic nitrogens is 2. The maximum atomic E-state index is 13.4. The minimum Gasteiger partial charge on any atom is -0.465 e. The Balaban J connectivity index is 1.62. The molecule has 7 nitrogen and oxygen atoms in total. The molecule has 0 fully saturated rings. The fourth-order valence-corrected chi connectivity index (χ4v) is 4.58. The molecule has 0 saturated carbocycles. The Kier molecular flexibility index (Phi) is 6.33. The molecule has 4 rings (SSSR count). The van der Waals surface area contributed by atoms with Crippen molar-refractivity contribution in [3.63, 3.8) is 0 Å². The molecule has 0 aliphatic heterocycles. The van der Waals surface area contributed by atoms with Crippen LogP contribution in [-0.2, 0) is 9.53 Å². The lowest BCUT2D eigenvalue weighted by Crippen LogP contribution is -2.22. The van der Waals surface area contributed by atoms with Crippen LogP contribution in [0.25, 0.3) is 15.9 Å². The predicted molar refractivity (Wildman–Crippen MR) is 122 cm³/mol. The number of hydrogen-bond acceptors (Lipinski definition) is 7. The summed E-state index contributed by atoms with van der Waals surface area (Å²) in [5.74, 6) is -1.46. The Bertz CT molecular complexity index is 1370. The average molecular weight is 470 g/mol. The first-order chi connectivity index (χ1) is 15.5. The van der Waals surface area contributed by atoms with E-state index in [2.05, 4.69) is 10.3 Å². The van der Waals surface area contributed by atoms with Crippen molar-refractivity contribution >= 4 is 50.9 Å². The lowest BCUT2D eigenvalue weighted by Gasteiger charge is -2.13. The molecule has 0 bridgehead atoms. The van der Waals surface area contributed by atoms with E-state index in [1.54, 1.807) is 35.7 Å². The Morgan fingerprint density at radius 3 is 2.66 bits per heavy atom. The van der Waals surface area contributed by atoms with Gasteiger partial charge < -0.3 is 10.1 Å². The van der Waals surface area contributed by atoms with Crippen molar-refractivity contribution in [1.29, 1.82) is 0 Å². The van der Waals surface area contributed by atoms with Gasteiger partial charge in [-0.15, -0.1) is 11.3 Å². The highest BCUT2D eigenvalue weighted by Gasteiger charge is 2.17. The lowest BCUT2D eigenvalue weighted by atomic mass is 10.2. The van der Waals surface area contributed by atoms with Gasteiger partial charge in [0.15, 0.2) is 5.16 Å². The maximum absolute atomic E-state index is 13.4. The van der Waals surface area contributed by atoms with Gasteiger partial charge in [-0.3, -0.25) is 14.2 Å². The summed E-state index contributed by atoms with van der Waals surface area (Å²) in [6, 6.07) is 13.7. The number of methoxy groups -OCH3 is 1. The van der Waals surface area contributed by atoms with E-state index in [1.165, 1.54) is 47.3 Å². The molecular formula is C22H16FN3O4S2. The number of nitrogens with one attached hydrogen (secondary N) is 1. The van der Waals surface area contributed by atoms with Crippen LogP contribution in [0.15, 0.2) is 69.9 Å². The number of carbonyl (C=O) groups is 2. The summed E-state index contributed by atoms with van der Waals surface area (Å²) >= 11 is 2.33. The molecule has 0 radical (unpaired) electrons. The second-order valence-electron chi connectivity index (χ2n) is 6.52. The zero-order valence-electron chi connectivity index (χ0n) is 16.7. The van der Waals surface area contributed by atoms with Crippen LogP contribution in [0.3, 0.4) is 0 Å². The first-order valence-corrected chi connectivity index (χ1v) is 11.2. The van der Waals surface area contributed by atoms with Crippen LogP contribution < -0.4 is 10.9 Å². The number of halogens is 1. The number of ether oxygens (including phenoxy) is 1. The third kappa shape index (κ3) is 4.41. The number of rotatable bonds is 6. The van der Waals surface area contributed by atoms with Gasteiger partial charge in [0.2, 0.25) is 5.91 Å². The van der Waals surface area contributed by atoms with Crippen LogP contribution in [0, 0.1) is 5.82 Å². The summed E-state index contributed by atoms with van der Waals surface area (Å²) in [7, 11) is 1.26. The van der Waals surface area contributed by atoms with Crippen LogP contribution in [-0.4, -0.2) is 34.3 Å². The normalized spacial score (nSPS) is 10.8. The molecule has 2 aromatic heterocycles. The summed E-state index contributed by atoms with van der Waals surface area (Å²) in [5.41, 5.74) is 1.22. The zero-order chi connectivity index (χ0) is 22.7. The molecule has 2 heterocycles. The number of nitrogens with zero attached hydrogens (tertiary/aromatic N) is 2. The van der Waals surface area contributed by atoms with Crippen molar-refractivity contribution in [1.82, 2.24) is 9.55 Å². The van der Waals surface area contributed by atoms with E-state index >= 15 is 0 Å². The van der Waals surface area contributed by atoms with E-state index in [0.717, 1.165) is 11.8 Å². The highest BCUT2D eigenvalue weighted by molar-refractivity contribution is 7.99. The molecule has 0 spiro atoms. The molecule has 0 aliphatic carbocycles. The summed E-state index contributed by atoms with van der Waals surface area (Å²) in [6.07, 6.45) is 0. The highest BCUT2D eigenvalue weighted by Crippen LogP contribution is 2.24. The van der Waals surface area contributed by atoms with Gasteiger partial charge in [0.1, 0.15) is 10.5 Å². The molecule has 0 atom stereocenters. The summed E-state index contributed by atoms with van der Waals surface area (Å²) in [5, 5.41) is 4.74. The van der Waals surface area contributed by atoms with Crippen molar-refractivity contribution in [3.05, 3.63) is 81.7 Å². The SMILES string of the molecule is COC(=O)c1ccccc1NC(=O)CSc1nc2ccsc2c(=O)n1-c1ccc(F)cc1. The van der Waals surface area contributed by atoms with Crippen LogP contribution in [0.4, 0.5) is 10.1 Å². The number of benzene rings is 2. The second kappa shape index (κ2) is 9.33. The van der Waals surface area contributed by atoms with Gasteiger partial charge >= 0.3 is 5.97 Å². The van der Waals surface area contributed by atoms with E-state index in [0.29, 0.717) is 26.7 Å². The van der Waals surface area contributed by atoms with Crippen LogP contribution in [0.5, 0.6) is 0 Å². The van der Waals surface area contributed by atoms with Gasteiger partial charge in [-0.05, 0) is 47.8 Å². The summed E-state index contributed by atoms with van der Waals surface area (Å²) in [4.78, 5) is 42.1. The van der Waals surface area contributed by atoms with Gasteiger partial charge in [0.25, 0.3) is 5.56 Å². The number of hydrogen-bond donors (Lipinski definition) is 1. The third-order valence-corrected chi connectivity index (χ3v) is 6.30. The lowest BCUT2D eigenvalue weighted by molar-refractivity contribution is -0.113. The average Bonchev–Trinajstić information content (AvgIpc) is 3.27. The van der Waals surface area contributed by atoms with E-state index in [1.807, 2.05) is 0 Å². The van der Waals surface area contributed by atoms with Gasteiger partial charge in [-0.1, -0.05) is 23.9 Å². The van der Waals surface area contributed by atoms with Crippen molar-refractivity contribution in [2.24, 2.45) is 0 Å². The van der Waals surface area contributed by atoms with Crippen molar-refractivity contribution in [3.8, 4) is 5.69 Å². The number of anilines is 1. The van der Waals surface area contributed by atoms with Crippen LogP contribution >= 0.6 is 23.1 Å². The van der Waals surface area contributed by atoms with E-state index < -0.39 is 17.7 Å². The molecule has 4 aromatic rings. The molecule has 0 unspecified atom stereocenters. The number of amides is 1. The zero-order valence-corrected chi connectivity index (χ0v) is 18.3. The molecule has 162 valence electrons. The summed E-state index contributed by atoms with van der Waals surface area (Å²) in [6.45, 7) is 0. The molecule has 1 amide bonds. The number of para-hydroxylation sites is 1. The molecular weight excluding hydrogens is 453 g/mol. The third-order valence-electron chi connectivity index (χ3n) is 4.47. The van der Waals surface area contributed by atoms with Crippen LogP contribution in [0.2, 0.25) is 0 Å². The fraction of sp³-hybridized carbons (Fsp3) is 0.0909. The number of thioether (sulfide) groups is 1. The van der Waals surface area contributed by atoms with E-state index in [4.69, 9.17) is 4.74 Å². The number of esters is 1. The maximum Gasteiger partial charge on any atom is 0.339 e. The van der Waals surface area contributed by atoms with Gasteiger partial charge in [-0.25, -0.2) is 14.2 Å². The highest BCUT2D eigenvalue weighted by atomic mass is 32.2. The Morgan fingerprint density at radius 2 is 1.91 bits per heavy atom. The van der Waals surface area contributed by atoms with Gasteiger partial charge in [-0.2, -0.15) is 0 Å². The largest absolute Gasteiger partial charge is 0.465 e. The van der Waals surface area contributed by atoms with Gasteiger partial charge in [0.05, 0.1) is 35.3 Å². The molecule has 2 aromatic carbocycles. The molecule has 0 saturated heterocycles. The van der Waals surface area contributed by atoms with Crippen molar-refractivity contribution in [2.75, 3.05) is 18.2 Å². The smallest absolute Gasteiger partial charge is 0.339 e. The molecule has 10 heteroatoms. The number of fused-ring (bicyclic) bond motifs is 1. The molecule has 1 N–H and O–H groups in total. The second-order valence-corrected chi connectivity index (χ2v) is 8.38. The minimum atomic E-state index is -0.566. The molecule has 32 heavy (non-hydrogen) atoms. The van der Waals surface area contributed by atoms with Crippen molar-refractivity contribution in [2.45, 2.75) is 5.16 Å². The standard InChI is InChI=1S/C22H16FN3O4S2/c1-30-21(29)15-4-2-3-5-16(15)24-18(27)12-32-22-25-17-10-11-31-19(17)20(28)26(22)14-8-6-13(23)7-9-14/h2-11H,12H2,1H3,(H,24,27). The van der Waals surface area contributed by atoms with Gasteiger partial charge in [0, 0.05) is 0 Å². The topological polar surface area (TPSA) is 90.3 Å². The van der Waals surface area contributed by atoms with E-state index in [-0.39, 0.29) is 16.9 Å². The monoisotopic (exact) mass is 469 g/mol. The number of carbonyl (C=O) groups excluding carboxylic acids is 2. The Hall–Kier alpha value is -3.50. The Morgan fingerprint density at radius 1 is 1.16 bits per heavy atom. The quantitative estimate of drug-likeness (QED) is 0.260. The fourth-order valence-electron chi connectivity index (χ4n) is 3.00. The minimum absolute atomic E-state index is 0.0706. The Labute approximate surface area is 189 Å². The van der Waals surface area contributed by atoms with Crippen molar-refractivity contribution < 1.29 is 18.7 Å². The van der Waals surface area contributed by atoms with E-state index in [9.17, 15) is 18.8 Å². The van der Waals surface area contributed by atoms with Crippen LogP contribution in [0.1, 0.15) is 10.4 Å². The number of thiophene rings is 1. The predicted octanol–water partition coefficient (Wildman–Crippen LogP) is 4.10. The summed E-state index contributed by atoms with van der Waals surface area (Å²) < 4.78 is 20.0.